The molecule has 1 aromatic rings. The van der Waals surface area contributed by atoms with E-state index < -0.39 is 0 Å². The predicted molar refractivity (Wildman–Crippen MR) is 74.2 cm³/mol. The molecule has 1 aromatic heterocycles. The van der Waals surface area contributed by atoms with E-state index in [9.17, 15) is 4.79 Å². The van der Waals surface area contributed by atoms with Crippen LogP contribution in [0.5, 0.6) is 0 Å². The Kier molecular flexibility index (Phi) is 4.83. The summed E-state index contributed by atoms with van der Waals surface area (Å²) >= 11 is 0. The quantitative estimate of drug-likeness (QED) is 0.673. The third kappa shape index (κ3) is 3.64. The van der Waals surface area contributed by atoms with Crippen LogP contribution in [0.1, 0.15) is 25.5 Å². The maximum absolute atomic E-state index is 12.2. The number of hydrogen-bond donors (Lipinski definition) is 1. The second-order valence-electron chi connectivity index (χ2n) is 5.10. The topological polar surface area (TPSA) is 69.3 Å². The van der Waals surface area contributed by atoms with Crippen LogP contribution < -0.4 is 5.32 Å². The highest BCUT2D eigenvalue weighted by molar-refractivity contribution is 5.97. The Labute approximate surface area is 118 Å². The lowest BCUT2D eigenvalue weighted by Gasteiger charge is -2.30. The molecule has 0 unspecified atom stereocenters. The Bertz CT molecular complexity index is 506. The first-order chi connectivity index (χ1) is 9.70. The van der Waals surface area contributed by atoms with E-state index in [1.165, 1.54) is 6.20 Å². The van der Waals surface area contributed by atoms with E-state index in [4.69, 9.17) is 9.68 Å². The molecule has 20 heavy (non-hydrogen) atoms. The van der Waals surface area contributed by atoms with Gasteiger partial charge in [-0.15, -0.1) is 0 Å². The zero-order chi connectivity index (χ0) is 14.4. The second-order valence-corrected chi connectivity index (χ2v) is 5.10. The lowest BCUT2D eigenvalue weighted by Crippen LogP contribution is -2.38. The van der Waals surface area contributed by atoms with Gasteiger partial charge in [0, 0.05) is 19.3 Å². The first kappa shape index (κ1) is 14.2. The molecule has 0 atom stereocenters. The van der Waals surface area contributed by atoms with Crippen LogP contribution in [-0.4, -0.2) is 23.9 Å². The summed E-state index contributed by atoms with van der Waals surface area (Å²) in [6, 6.07) is 5.60. The van der Waals surface area contributed by atoms with Crippen LogP contribution in [0.3, 0.4) is 0 Å². The highest BCUT2D eigenvalue weighted by Crippen LogP contribution is 2.17. The van der Waals surface area contributed by atoms with Crippen LogP contribution in [-0.2, 0) is 11.3 Å². The molecule has 2 rings (SSSR count). The number of nitrogens with zero attached hydrogens (tertiary/aromatic N) is 2. The highest BCUT2D eigenvalue weighted by Gasteiger charge is 2.22. The maximum Gasteiger partial charge on any atom is 0.265 e. The Morgan fingerprint density at radius 2 is 2.35 bits per heavy atom. The molecule has 1 fully saturated rings. The first-order valence-corrected chi connectivity index (χ1v) is 6.86. The smallest absolute Gasteiger partial charge is 0.265 e. The van der Waals surface area contributed by atoms with Crippen molar-refractivity contribution < 1.29 is 9.21 Å². The van der Waals surface area contributed by atoms with Gasteiger partial charge in [0.05, 0.1) is 12.8 Å². The van der Waals surface area contributed by atoms with Crippen LogP contribution >= 0.6 is 0 Å². The highest BCUT2D eigenvalue weighted by atomic mass is 16.3. The van der Waals surface area contributed by atoms with Crippen molar-refractivity contribution in [3.05, 3.63) is 35.9 Å². The minimum absolute atomic E-state index is 0.145. The van der Waals surface area contributed by atoms with Crippen molar-refractivity contribution in [2.75, 3.05) is 13.1 Å². The number of carbonyl (C=O) groups is 1. The Balaban J connectivity index is 1.90. The first-order valence-electron chi connectivity index (χ1n) is 6.86. The van der Waals surface area contributed by atoms with Crippen LogP contribution in [0.15, 0.2) is 34.6 Å². The number of piperidine rings is 1. The van der Waals surface area contributed by atoms with E-state index in [1.807, 2.05) is 12.1 Å². The number of rotatable bonds is 4. The van der Waals surface area contributed by atoms with Gasteiger partial charge in [0.1, 0.15) is 17.4 Å². The van der Waals surface area contributed by atoms with Crippen molar-refractivity contribution in [2.45, 2.75) is 26.3 Å². The summed E-state index contributed by atoms with van der Waals surface area (Å²) in [6.07, 6.45) is 5.07. The summed E-state index contributed by atoms with van der Waals surface area (Å²) in [5.41, 5.74) is 0.145. The molecular weight excluding hydrogens is 254 g/mol. The molecule has 106 valence electrons. The normalized spacial score (nSPS) is 16.8. The van der Waals surface area contributed by atoms with E-state index in [1.54, 1.807) is 17.2 Å². The van der Waals surface area contributed by atoms with Gasteiger partial charge in [-0.1, -0.05) is 6.92 Å². The zero-order valence-corrected chi connectivity index (χ0v) is 11.6. The Morgan fingerprint density at radius 3 is 2.95 bits per heavy atom. The second kappa shape index (κ2) is 6.80. The van der Waals surface area contributed by atoms with E-state index in [0.717, 1.165) is 31.7 Å². The molecule has 1 N–H and O–H groups in total. The molecule has 0 aliphatic carbocycles. The average molecular weight is 273 g/mol. The van der Waals surface area contributed by atoms with Crippen LogP contribution in [0.2, 0.25) is 0 Å². The summed E-state index contributed by atoms with van der Waals surface area (Å²) in [6.45, 7) is 4.12. The SMILES string of the molecule is CC1CCN(C(=O)/C(C#N)=C\NCc2ccco2)CC1. The molecule has 1 aliphatic heterocycles. The summed E-state index contributed by atoms with van der Waals surface area (Å²) in [4.78, 5) is 14.0. The van der Waals surface area contributed by atoms with Gasteiger partial charge in [0.2, 0.25) is 0 Å². The van der Waals surface area contributed by atoms with Gasteiger partial charge in [-0.2, -0.15) is 5.26 Å². The molecule has 0 radical (unpaired) electrons. The summed E-state index contributed by atoms with van der Waals surface area (Å²) in [5.74, 6) is 1.23. The Morgan fingerprint density at radius 1 is 1.60 bits per heavy atom. The van der Waals surface area contributed by atoms with Crippen molar-refractivity contribution in [2.24, 2.45) is 5.92 Å². The molecule has 0 aromatic carbocycles. The summed E-state index contributed by atoms with van der Waals surface area (Å²) in [7, 11) is 0. The molecule has 0 bridgehead atoms. The third-order valence-electron chi connectivity index (χ3n) is 3.52. The zero-order valence-electron chi connectivity index (χ0n) is 11.6. The van der Waals surface area contributed by atoms with Gasteiger partial charge in [0.15, 0.2) is 0 Å². The molecule has 1 amide bonds. The molecular formula is C15H19N3O2. The molecule has 5 heteroatoms. The fourth-order valence-corrected chi connectivity index (χ4v) is 2.19. The van der Waals surface area contributed by atoms with Crippen LogP contribution in [0.4, 0.5) is 0 Å². The third-order valence-corrected chi connectivity index (χ3v) is 3.52. The van der Waals surface area contributed by atoms with Crippen molar-refractivity contribution in [3.63, 3.8) is 0 Å². The number of amides is 1. The number of nitrogens with one attached hydrogen (secondary N) is 1. The number of carbonyl (C=O) groups excluding carboxylic acids is 1. The molecule has 2 heterocycles. The molecule has 1 aliphatic rings. The van der Waals surface area contributed by atoms with Crippen LogP contribution in [0.25, 0.3) is 0 Å². The van der Waals surface area contributed by atoms with Gasteiger partial charge in [-0.25, -0.2) is 0 Å². The molecule has 5 nitrogen and oxygen atoms in total. The summed E-state index contributed by atoms with van der Waals surface area (Å²) < 4.78 is 5.17. The number of nitriles is 1. The molecule has 0 spiro atoms. The van der Waals surface area contributed by atoms with E-state index in [0.29, 0.717) is 12.5 Å². The number of furan rings is 1. The standard InChI is InChI=1S/C15H19N3O2/c1-12-4-6-18(7-5-12)15(19)13(9-16)10-17-11-14-3-2-8-20-14/h2-3,8,10,12,17H,4-7,11H2,1H3/b13-10-. The Hall–Kier alpha value is -2.22. The monoisotopic (exact) mass is 273 g/mol. The number of hydrogen-bond acceptors (Lipinski definition) is 4. The summed E-state index contributed by atoms with van der Waals surface area (Å²) in [5, 5.41) is 12.0. The van der Waals surface area contributed by atoms with Gasteiger partial charge in [-0.05, 0) is 30.9 Å². The van der Waals surface area contributed by atoms with Crippen molar-refractivity contribution in [1.82, 2.24) is 10.2 Å². The largest absolute Gasteiger partial charge is 0.467 e. The fourth-order valence-electron chi connectivity index (χ4n) is 2.19. The predicted octanol–water partition coefficient (Wildman–Crippen LogP) is 2.04. The lowest BCUT2D eigenvalue weighted by molar-refractivity contribution is -0.128. The van der Waals surface area contributed by atoms with E-state index in [2.05, 4.69) is 12.2 Å². The molecule has 1 saturated heterocycles. The average Bonchev–Trinajstić information content (AvgIpc) is 2.97. The van der Waals surface area contributed by atoms with E-state index >= 15 is 0 Å². The van der Waals surface area contributed by atoms with E-state index in [-0.39, 0.29) is 11.5 Å². The van der Waals surface area contributed by atoms with Crippen molar-refractivity contribution in [3.8, 4) is 6.07 Å². The van der Waals surface area contributed by atoms with Crippen molar-refractivity contribution in [1.29, 1.82) is 5.26 Å². The minimum atomic E-state index is -0.189. The van der Waals surface area contributed by atoms with Crippen molar-refractivity contribution >= 4 is 5.91 Å². The van der Waals surface area contributed by atoms with Gasteiger partial charge < -0.3 is 14.6 Å². The fraction of sp³-hybridized carbons (Fsp3) is 0.467. The molecule has 0 saturated carbocycles. The maximum atomic E-state index is 12.2. The van der Waals surface area contributed by atoms with Gasteiger partial charge >= 0.3 is 0 Å². The minimum Gasteiger partial charge on any atom is -0.467 e. The van der Waals surface area contributed by atoms with Gasteiger partial charge in [-0.3, -0.25) is 4.79 Å². The van der Waals surface area contributed by atoms with Crippen LogP contribution in [0, 0.1) is 17.2 Å². The van der Waals surface area contributed by atoms with Gasteiger partial charge in [0.25, 0.3) is 5.91 Å². The lowest BCUT2D eigenvalue weighted by atomic mass is 9.99. The number of likely N-dealkylation sites (tertiary alicyclic amines) is 1.